The quantitative estimate of drug-likeness (QED) is 0.337. The third-order valence-corrected chi connectivity index (χ3v) is 5.42. The number of aliphatic carboxylic acids is 1. The molecule has 0 saturated carbocycles. The number of rotatable bonds is 9. The maximum Gasteiger partial charge on any atom is 0.490 e. The van der Waals surface area contributed by atoms with Gasteiger partial charge in [-0.05, 0) is 55.4 Å². The summed E-state index contributed by atoms with van der Waals surface area (Å²) in [6.07, 6.45) is -4.10. The third kappa shape index (κ3) is 9.57. The molecule has 2 aromatic carbocycles. The van der Waals surface area contributed by atoms with Crippen LogP contribution >= 0.6 is 0 Å². The van der Waals surface area contributed by atoms with E-state index in [1.807, 2.05) is 12.1 Å². The number of carboxylic acids is 1. The van der Waals surface area contributed by atoms with Gasteiger partial charge in [0.15, 0.2) is 0 Å². The summed E-state index contributed by atoms with van der Waals surface area (Å²) in [6, 6.07) is 14.7. The number of anilines is 2. The van der Waals surface area contributed by atoms with Crippen molar-refractivity contribution in [1.29, 1.82) is 0 Å². The van der Waals surface area contributed by atoms with Gasteiger partial charge in [-0.1, -0.05) is 11.2 Å². The Balaban J connectivity index is 0.000000532. The number of aromatic nitrogens is 2. The smallest absolute Gasteiger partial charge is 0.490 e. The number of carboxylic acid groups (broad SMARTS) is 1. The summed E-state index contributed by atoms with van der Waals surface area (Å²) in [5.41, 5.74) is 1.97. The van der Waals surface area contributed by atoms with Crippen LogP contribution in [0, 0.1) is 0 Å². The van der Waals surface area contributed by atoms with Gasteiger partial charge < -0.3 is 29.6 Å². The Hall–Kier alpha value is -4.17. The molecule has 39 heavy (non-hydrogen) atoms. The summed E-state index contributed by atoms with van der Waals surface area (Å²) in [6.45, 7) is 5.36. The number of carbonyl (C=O) groups excluding carboxylic acids is 1. The number of nitrogens with zero attached hydrogens (tertiary/aromatic N) is 3. The van der Waals surface area contributed by atoms with Crippen molar-refractivity contribution >= 4 is 23.6 Å². The van der Waals surface area contributed by atoms with Gasteiger partial charge in [0.1, 0.15) is 5.75 Å². The third-order valence-electron chi connectivity index (χ3n) is 5.42. The lowest BCUT2D eigenvalue weighted by Gasteiger charge is -2.26. The molecule has 3 aromatic rings. The zero-order valence-corrected chi connectivity index (χ0v) is 21.0. The van der Waals surface area contributed by atoms with E-state index in [1.54, 1.807) is 43.5 Å². The molecule has 1 saturated heterocycles. The molecule has 1 aromatic heterocycles. The van der Waals surface area contributed by atoms with Crippen LogP contribution in [0.15, 0.2) is 52.9 Å². The van der Waals surface area contributed by atoms with E-state index in [-0.39, 0.29) is 5.91 Å². The Morgan fingerprint density at radius 2 is 1.79 bits per heavy atom. The first-order valence-corrected chi connectivity index (χ1v) is 11.9. The second kappa shape index (κ2) is 14.1. The highest BCUT2D eigenvalue weighted by Crippen LogP contribution is 2.22. The van der Waals surface area contributed by atoms with Crippen molar-refractivity contribution in [3.63, 3.8) is 0 Å². The van der Waals surface area contributed by atoms with Crippen LogP contribution in [-0.2, 0) is 9.53 Å². The molecular weight excluding hydrogens is 523 g/mol. The van der Waals surface area contributed by atoms with Gasteiger partial charge in [0.25, 0.3) is 5.91 Å². The summed E-state index contributed by atoms with van der Waals surface area (Å²) in [4.78, 5) is 23.7. The summed E-state index contributed by atoms with van der Waals surface area (Å²) in [7, 11) is 1.57. The van der Waals surface area contributed by atoms with Crippen LogP contribution in [0.5, 0.6) is 5.75 Å². The topological polar surface area (TPSA) is 139 Å². The molecule has 0 aliphatic carbocycles. The molecule has 0 bridgehead atoms. The molecule has 1 aliphatic rings. The molecule has 210 valence electrons. The van der Waals surface area contributed by atoms with E-state index in [4.69, 9.17) is 23.8 Å². The van der Waals surface area contributed by atoms with Gasteiger partial charge in [-0.2, -0.15) is 13.2 Å². The lowest BCUT2D eigenvalue weighted by atomic mass is 10.1. The normalized spacial score (nSPS) is 13.6. The Morgan fingerprint density at radius 1 is 1.10 bits per heavy atom. The second-order valence-electron chi connectivity index (χ2n) is 8.21. The van der Waals surface area contributed by atoms with Crippen molar-refractivity contribution < 1.29 is 41.8 Å². The average molecular weight is 552 g/mol. The van der Waals surface area contributed by atoms with E-state index < -0.39 is 12.1 Å². The molecule has 1 aliphatic heterocycles. The van der Waals surface area contributed by atoms with Crippen LogP contribution < -0.4 is 15.4 Å². The van der Waals surface area contributed by atoms with Crippen molar-refractivity contribution in [2.24, 2.45) is 0 Å². The minimum absolute atomic E-state index is 0.210. The van der Waals surface area contributed by atoms with Crippen molar-refractivity contribution in [2.45, 2.75) is 12.6 Å². The predicted molar refractivity (Wildman–Crippen MR) is 135 cm³/mol. The number of alkyl halides is 3. The Morgan fingerprint density at radius 3 is 2.44 bits per heavy atom. The van der Waals surface area contributed by atoms with E-state index in [0.717, 1.165) is 51.4 Å². The Bertz CT molecular complexity index is 1210. The van der Waals surface area contributed by atoms with Crippen LogP contribution in [-0.4, -0.2) is 84.8 Å². The van der Waals surface area contributed by atoms with Gasteiger partial charge in [0.05, 0.1) is 20.3 Å². The lowest BCUT2D eigenvalue weighted by molar-refractivity contribution is -0.192. The lowest BCUT2D eigenvalue weighted by Crippen LogP contribution is -2.37. The van der Waals surface area contributed by atoms with E-state index in [0.29, 0.717) is 28.9 Å². The molecule has 1 amide bonds. The summed E-state index contributed by atoms with van der Waals surface area (Å²) in [5, 5.41) is 21.3. The van der Waals surface area contributed by atoms with E-state index in [9.17, 15) is 18.0 Å². The van der Waals surface area contributed by atoms with E-state index in [2.05, 4.69) is 25.7 Å². The molecule has 2 heterocycles. The monoisotopic (exact) mass is 551 g/mol. The van der Waals surface area contributed by atoms with Crippen molar-refractivity contribution in [3.05, 3.63) is 54.1 Å². The average Bonchev–Trinajstić information content (AvgIpc) is 3.41. The fourth-order valence-electron chi connectivity index (χ4n) is 3.40. The Kier molecular flexibility index (Phi) is 10.6. The first kappa shape index (κ1) is 29.4. The van der Waals surface area contributed by atoms with Crippen LogP contribution in [0.3, 0.4) is 0 Å². The molecule has 0 atom stereocenters. The van der Waals surface area contributed by atoms with Crippen molar-refractivity contribution in [3.8, 4) is 17.2 Å². The number of ether oxygens (including phenoxy) is 2. The fraction of sp³-hybridized carbons (Fsp3) is 0.360. The minimum Gasteiger partial charge on any atom is -0.497 e. The zero-order chi connectivity index (χ0) is 28.3. The van der Waals surface area contributed by atoms with Gasteiger partial charge in [0.2, 0.25) is 5.89 Å². The Labute approximate surface area is 221 Å². The van der Waals surface area contributed by atoms with Crippen molar-refractivity contribution in [2.75, 3.05) is 57.1 Å². The van der Waals surface area contributed by atoms with Gasteiger partial charge in [-0.25, -0.2) is 4.79 Å². The van der Waals surface area contributed by atoms with Gasteiger partial charge in [-0.15, -0.1) is 5.10 Å². The number of morpholine rings is 1. The van der Waals surface area contributed by atoms with Crippen molar-refractivity contribution in [1.82, 2.24) is 15.1 Å². The molecule has 14 heteroatoms. The largest absolute Gasteiger partial charge is 0.497 e. The summed E-state index contributed by atoms with van der Waals surface area (Å²) >= 11 is 0. The highest BCUT2D eigenvalue weighted by atomic mass is 19.4. The number of halogens is 3. The number of methoxy groups -OCH3 is 1. The molecule has 0 unspecified atom stereocenters. The van der Waals surface area contributed by atoms with Crippen LogP contribution in [0.4, 0.5) is 24.9 Å². The zero-order valence-electron chi connectivity index (χ0n) is 21.0. The highest BCUT2D eigenvalue weighted by Gasteiger charge is 2.38. The molecular formula is C25H28F3N5O6. The number of nitrogens with one attached hydrogen (secondary N) is 2. The first-order valence-electron chi connectivity index (χ1n) is 11.9. The molecule has 4 rings (SSSR count). The highest BCUT2D eigenvalue weighted by molar-refractivity contribution is 6.04. The molecule has 0 spiro atoms. The maximum absolute atomic E-state index is 12.4. The van der Waals surface area contributed by atoms with Crippen LogP contribution in [0.1, 0.15) is 16.8 Å². The van der Waals surface area contributed by atoms with E-state index in [1.165, 1.54) is 0 Å². The summed E-state index contributed by atoms with van der Waals surface area (Å²) in [5.74, 6) is -1.91. The number of hydrogen-bond acceptors (Lipinski definition) is 9. The molecule has 3 N–H and O–H groups in total. The van der Waals surface area contributed by atoms with Crippen LogP contribution in [0.25, 0.3) is 11.5 Å². The minimum atomic E-state index is -5.08. The number of amides is 1. The molecule has 0 radical (unpaired) electrons. The number of carbonyl (C=O) groups is 2. The maximum atomic E-state index is 12.4. The second-order valence-corrected chi connectivity index (χ2v) is 8.21. The molecule has 11 nitrogen and oxygen atoms in total. The fourth-order valence-corrected chi connectivity index (χ4v) is 3.40. The first-order chi connectivity index (χ1) is 18.7. The predicted octanol–water partition coefficient (Wildman–Crippen LogP) is 3.77. The van der Waals surface area contributed by atoms with E-state index >= 15 is 0 Å². The molecule has 1 fully saturated rings. The standard InChI is InChI=1S/C23H27N5O4.C2HF3O2/c1-30-20-5-2-4-18(16-20)21(29)25-19-8-6-17(7-9-19)22-26-27-23(32-22)24-10-3-11-28-12-14-31-15-13-28;3-2(4,5)1(6)7/h2,4-9,16H,3,10-15H2,1H3,(H,24,27)(H,25,29);(H,6,7). The van der Waals surface area contributed by atoms with Gasteiger partial charge in [0, 0.05) is 36.4 Å². The van der Waals surface area contributed by atoms with Gasteiger partial charge >= 0.3 is 18.2 Å². The number of benzene rings is 2. The van der Waals surface area contributed by atoms with Crippen LogP contribution in [0.2, 0.25) is 0 Å². The number of hydrogen-bond donors (Lipinski definition) is 3. The summed E-state index contributed by atoms with van der Waals surface area (Å²) < 4.78 is 48.0. The SMILES string of the molecule is COc1cccc(C(=O)Nc2ccc(-c3nnc(NCCCN4CCOCC4)o3)cc2)c1.O=C(O)C(F)(F)F. The van der Waals surface area contributed by atoms with Gasteiger partial charge in [-0.3, -0.25) is 9.69 Å².